The number of hydrogen-bond donors (Lipinski definition) is 3. The standard InChI is InChI=1S/C11H15N2O8P/c1-5(14)7-8(21-22(17)18)9(19-2)10(20-7)13-4-3-6(15)12-11(13)16/h3-5,7-10,14H,1-2H3,(H-,12,15,16,17,18)/p+1/t5-,7-,8?,9?,10-/m1/s1. The van der Waals surface area contributed by atoms with E-state index < -0.39 is 50.1 Å². The van der Waals surface area contributed by atoms with Crippen molar-refractivity contribution in [3.05, 3.63) is 33.1 Å². The van der Waals surface area contributed by atoms with Gasteiger partial charge in [-0.25, -0.2) is 4.79 Å². The number of nitrogens with zero attached hydrogens (tertiary/aromatic N) is 1. The van der Waals surface area contributed by atoms with Crippen molar-refractivity contribution in [1.82, 2.24) is 9.55 Å². The minimum Gasteiger partial charge on any atom is -0.391 e. The van der Waals surface area contributed by atoms with Gasteiger partial charge in [0.25, 0.3) is 5.56 Å². The van der Waals surface area contributed by atoms with Gasteiger partial charge in [0.05, 0.1) is 6.10 Å². The van der Waals surface area contributed by atoms with Crippen molar-refractivity contribution in [2.45, 2.75) is 37.6 Å². The summed E-state index contributed by atoms with van der Waals surface area (Å²) < 4.78 is 27.6. The molecule has 3 unspecified atom stereocenters. The maximum Gasteiger partial charge on any atom is 0.695 e. The van der Waals surface area contributed by atoms with Gasteiger partial charge in [-0.1, -0.05) is 0 Å². The van der Waals surface area contributed by atoms with E-state index in [1.807, 2.05) is 0 Å². The number of nitrogens with one attached hydrogen (secondary N) is 1. The quantitative estimate of drug-likeness (QED) is 0.574. The van der Waals surface area contributed by atoms with Crippen molar-refractivity contribution in [3.63, 3.8) is 0 Å². The molecule has 0 radical (unpaired) electrons. The highest BCUT2D eigenvalue weighted by Crippen LogP contribution is 2.37. The number of aromatic amines is 1. The molecule has 0 spiro atoms. The van der Waals surface area contributed by atoms with Crippen molar-refractivity contribution in [1.29, 1.82) is 0 Å². The number of aliphatic hydroxyl groups excluding tert-OH is 1. The highest BCUT2D eigenvalue weighted by molar-refractivity contribution is 7.32. The molecule has 0 aromatic carbocycles. The molecule has 22 heavy (non-hydrogen) atoms. The smallest absolute Gasteiger partial charge is 0.391 e. The average Bonchev–Trinajstić information content (AvgIpc) is 2.76. The van der Waals surface area contributed by atoms with Gasteiger partial charge in [0.15, 0.2) is 12.3 Å². The molecule has 0 bridgehead atoms. The molecule has 0 aliphatic carbocycles. The molecule has 1 aliphatic rings. The molecule has 1 fully saturated rings. The summed E-state index contributed by atoms with van der Waals surface area (Å²) in [6.45, 7) is 1.41. The zero-order valence-corrected chi connectivity index (χ0v) is 12.7. The third kappa shape index (κ3) is 3.32. The van der Waals surface area contributed by atoms with E-state index in [0.717, 1.165) is 10.6 Å². The second kappa shape index (κ2) is 6.78. The maximum atomic E-state index is 11.9. The fourth-order valence-electron chi connectivity index (χ4n) is 2.38. The van der Waals surface area contributed by atoms with Gasteiger partial charge >= 0.3 is 13.9 Å². The number of aliphatic hydroxyl groups is 1. The predicted molar refractivity (Wildman–Crippen MR) is 72.4 cm³/mol. The van der Waals surface area contributed by atoms with Crippen LogP contribution in [0.25, 0.3) is 0 Å². The Morgan fingerprint density at radius 2 is 2.14 bits per heavy atom. The number of rotatable bonds is 5. The van der Waals surface area contributed by atoms with Crippen molar-refractivity contribution >= 4 is 8.25 Å². The molecule has 1 aromatic rings. The molecule has 3 N–H and O–H groups in total. The molecule has 0 saturated carbocycles. The van der Waals surface area contributed by atoms with Gasteiger partial charge in [-0.15, -0.1) is 9.42 Å². The van der Waals surface area contributed by atoms with Gasteiger partial charge in [-0.3, -0.25) is 14.3 Å². The lowest BCUT2D eigenvalue weighted by atomic mass is 10.1. The van der Waals surface area contributed by atoms with Crippen molar-refractivity contribution in [3.8, 4) is 0 Å². The van der Waals surface area contributed by atoms with Crippen LogP contribution in [0.15, 0.2) is 21.9 Å². The first-order chi connectivity index (χ1) is 10.3. The molecule has 1 aromatic heterocycles. The van der Waals surface area contributed by atoms with Gasteiger partial charge in [0, 0.05) is 23.9 Å². The fourth-order valence-corrected chi connectivity index (χ4v) is 2.83. The van der Waals surface area contributed by atoms with Crippen LogP contribution in [0.4, 0.5) is 0 Å². The van der Waals surface area contributed by atoms with Gasteiger partial charge in [-0.05, 0) is 6.92 Å². The van der Waals surface area contributed by atoms with Crippen LogP contribution >= 0.6 is 8.25 Å². The van der Waals surface area contributed by atoms with Crippen LogP contribution in [0.5, 0.6) is 0 Å². The average molecular weight is 335 g/mol. The van der Waals surface area contributed by atoms with Gasteiger partial charge in [0.2, 0.25) is 0 Å². The normalized spacial score (nSPS) is 30.3. The van der Waals surface area contributed by atoms with Crippen molar-refractivity contribution in [2.24, 2.45) is 0 Å². The lowest BCUT2D eigenvalue weighted by Crippen LogP contribution is -2.40. The van der Waals surface area contributed by atoms with Crippen molar-refractivity contribution < 1.29 is 28.6 Å². The Hall–Kier alpha value is -1.42. The van der Waals surface area contributed by atoms with E-state index in [2.05, 4.69) is 4.98 Å². The predicted octanol–water partition coefficient (Wildman–Crippen LogP) is -1.14. The van der Waals surface area contributed by atoms with Crippen LogP contribution in [0.3, 0.4) is 0 Å². The third-order valence-electron chi connectivity index (χ3n) is 3.31. The van der Waals surface area contributed by atoms with Gasteiger partial charge in [0.1, 0.15) is 12.2 Å². The summed E-state index contributed by atoms with van der Waals surface area (Å²) in [6, 6.07) is 1.12. The number of H-pyrrole nitrogens is 1. The first-order valence-electron chi connectivity index (χ1n) is 6.36. The summed E-state index contributed by atoms with van der Waals surface area (Å²) in [6.07, 6.45) is -3.86. The summed E-state index contributed by atoms with van der Waals surface area (Å²) in [4.78, 5) is 34.0. The molecular weight excluding hydrogens is 319 g/mol. The molecule has 11 heteroatoms. The van der Waals surface area contributed by atoms with E-state index in [1.54, 1.807) is 0 Å². The highest BCUT2D eigenvalue weighted by atomic mass is 31.1. The second-order valence-corrected chi connectivity index (χ2v) is 5.44. The largest absolute Gasteiger partial charge is 0.695 e. The van der Waals surface area contributed by atoms with Crippen LogP contribution in [0.2, 0.25) is 0 Å². The van der Waals surface area contributed by atoms with Crippen LogP contribution in [0, 0.1) is 0 Å². The molecule has 122 valence electrons. The minimum atomic E-state index is -2.96. The summed E-state index contributed by atoms with van der Waals surface area (Å²) in [7, 11) is -1.65. The first kappa shape index (κ1) is 16.9. The molecular formula is C11H16N2O8P+. The van der Waals surface area contributed by atoms with E-state index in [-0.39, 0.29) is 0 Å². The third-order valence-corrected chi connectivity index (χ3v) is 3.73. The molecule has 1 aliphatic heterocycles. The molecule has 6 atom stereocenters. The Balaban J connectivity index is 2.41. The summed E-state index contributed by atoms with van der Waals surface area (Å²) in [5.74, 6) is 0. The van der Waals surface area contributed by atoms with Gasteiger partial charge in [-0.2, -0.15) is 0 Å². The molecule has 0 amide bonds. The minimum absolute atomic E-state index is 0.577. The maximum absolute atomic E-state index is 11.9. The molecule has 10 nitrogen and oxygen atoms in total. The van der Waals surface area contributed by atoms with E-state index in [9.17, 15) is 19.3 Å². The Morgan fingerprint density at radius 1 is 1.45 bits per heavy atom. The Labute approximate surface area is 125 Å². The fraction of sp³-hybridized carbons (Fsp3) is 0.636. The monoisotopic (exact) mass is 335 g/mol. The summed E-state index contributed by atoms with van der Waals surface area (Å²) >= 11 is 0. The van der Waals surface area contributed by atoms with Gasteiger partial charge < -0.3 is 14.6 Å². The Bertz CT molecular complexity index is 656. The second-order valence-electron chi connectivity index (χ2n) is 4.76. The zero-order valence-electron chi connectivity index (χ0n) is 11.8. The van der Waals surface area contributed by atoms with Crippen LogP contribution < -0.4 is 11.2 Å². The SMILES string of the molecule is COC1C(O[P+](=O)O)[C@@H]([C@@H](C)O)O[C@H]1n1ccc(=O)[nH]c1=O. The molecule has 2 heterocycles. The molecule has 1 saturated heterocycles. The van der Waals surface area contributed by atoms with Crippen LogP contribution in [-0.4, -0.2) is 51.1 Å². The highest BCUT2D eigenvalue weighted by Gasteiger charge is 2.52. The summed E-state index contributed by atoms with van der Waals surface area (Å²) in [5.41, 5.74) is -1.32. The molecule has 2 rings (SSSR count). The number of methoxy groups -OCH3 is 1. The van der Waals surface area contributed by atoms with E-state index in [4.69, 9.17) is 18.9 Å². The number of hydrogen-bond acceptors (Lipinski definition) is 7. The topological polar surface area (TPSA) is 140 Å². The number of aromatic nitrogens is 2. The van der Waals surface area contributed by atoms with E-state index in [0.29, 0.717) is 0 Å². The first-order valence-corrected chi connectivity index (χ1v) is 7.49. The number of ether oxygens (including phenoxy) is 2. The van der Waals surface area contributed by atoms with E-state index in [1.165, 1.54) is 20.2 Å². The summed E-state index contributed by atoms with van der Waals surface area (Å²) in [5, 5.41) is 9.74. The lowest BCUT2D eigenvalue weighted by molar-refractivity contribution is -0.0817. The van der Waals surface area contributed by atoms with Crippen molar-refractivity contribution in [2.75, 3.05) is 7.11 Å². The van der Waals surface area contributed by atoms with Crippen LogP contribution in [-0.2, 0) is 18.6 Å². The van der Waals surface area contributed by atoms with E-state index >= 15 is 0 Å². The Morgan fingerprint density at radius 3 is 2.64 bits per heavy atom. The lowest BCUT2D eigenvalue weighted by Gasteiger charge is -2.19. The zero-order chi connectivity index (χ0) is 16.4. The van der Waals surface area contributed by atoms with Crippen LogP contribution in [0.1, 0.15) is 13.2 Å². The Kier molecular flexibility index (Phi) is 5.22.